The summed E-state index contributed by atoms with van der Waals surface area (Å²) in [6.07, 6.45) is 7.42. The fourth-order valence-electron chi connectivity index (χ4n) is 4.14. The molecule has 15 heavy (non-hydrogen) atoms. The molecule has 2 saturated carbocycles. The van der Waals surface area contributed by atoms with Crippen molar-refractivity contribution >= 4 is 0 Å². The summed E-state index contributed by atoms with van der Waals surface area (Å²) in [5.41, 5.74) is 2.30. The van der Waals surface area contributed by atoms with Gasteiger partial charge in [-0.3, -0.25) is 0 Å². The summed E-state index contributed by atoms with van der Waals surface area (Å²) in [6.45, 7) is 15.5. The van der Waals surface area contributed by atoms with Crippen LogP contribution in [0.5, 0.6) is 0 Å². The number of hydrogen-bond acceptors (Lipinski definition) is 0. The van der Waals surface area contributed by atoms with Crippen LogP contribution in [0.25, 0.3) is 0 Å². The van der Waals surface area contributed by atoms with Crippen LogP contribution in [-0.2, 0) is 0 Å². The van der Waals surface area contributed by atoms with Gasteiger partial charge >= 0.3 is 0 Å². The fourth-order valence-corrected chi connectivity index (χ4v) is 4.14. The summed E-state index contributed by atoms with van der Waals surface area (Å²) in [6, 6.07) is 0. The highest BCUT2D eigenvalue weighted by Gasteiger charge is 2.49. The first-order valence-corrected chi connectivity index (χ1v) is 6.19. The molecular weight excluding hydrogens is 180 g/mol. The van der Waals surface area contributed by atoms with Crippen molar-refractivity contribution in [1.82, 2.24) is 0 Å². The van der Waals surface area contributed by atoms with E-state index < -0.39 is 0 Å². The zero-order chi connectivity index (χ0) is 11.3. The van der Waals surface area contributed by atoms with E-state index in [0.29, 0.717) is 10.8 Å². The standard InChI is InChI=1S/C15H24/c1-6-15(5)10-14(3,4)9-12-11(2)7-8-13(12)15/h6,12-13H,1-2,7-10H2,3-5H3. The molecule has 0 spiro atoms. The highest BCUT2D eigenvalue weighted by Crippen LogP contribution is 2.59. The van der Waals surface area contributed by atoms with E-state index in [-0.39, 0.29) is 0 Å². The number of hydrogen-bond donors (Lipinski definition) is 0. The summed E-state index contributed by atoms with van der Waals surface area (Å²) in [7, 11) is 0. The molecule has 3 atom stereocenters. The molecule has 0 radical (unpaired) electrons. The van der Waals surface area contributed by atoms with Gasteiger partial charge in [-0.05, 0) is 48.3 Å². The van der Waals surface area contributed by atoms with Gasteiger partial charge in [0.2, 0.25) is 0 Å². The Morgan fingerprint density at radius 2 is 2.00 bits per heavy atom. The maximum atomic E-state index is 4.27. The molecule has 2 aliphatic carbocycles. The van der Waals surface area contributed by atoms with Crippen molar-refractivity contribution in [2.45, 2.75) is 46.5 Å². The third kappa shape index (κ3) is 1.68. The molecule has 0 aromatic carbocycles. The van der Waals surface area contributed by atoms with Crippen LogP contribution in [0, 0.1) is 22.7 Å². The Morgan fingerprint density at radius 1 is 1.33 bits per heavy atom. The van der Waals surface area contributed by atoms with Crippen LogP contribution in [0.3, 0.4) is 0 Å². The van der Waals surface area contributed by atoms with Gasteiger partial charge in [-0.15, -0.1) is 6.58 Å². The average molecular weight is 204 g/mol. The highest BCUT2D eigenvalue weighted by atomic mass is 14.5. The lowest BCUT2D eigenvalue weighted by Gasteiger charge is -2.49. The highest BCUT2D eigenvalue weighted by molar-refractivity contribution is 5.18. The van der Waals surface area contributed by atoms with Crippen LogP contribution in [0.4, 0.5) is 0 Å². The topological polar surface area (TPSA) is 0 Å². The van der Waals surface area contributed by atoms with Crippen molar-refractivity contribution in [3.63, 3.8) is 0 Å². The fraction of sp³-hybridized carbons (Fsp3) is 0.733. The van der Waals surface area contributed by atoms with Crippen molar-refractivity contribution in [3.8, 4) is 0 Å². The third-order valence-electron chi connectivity index (χ3n) is 4.73. The van der Waals surface area contributed by atoms with Crippen LogP contribution in [0.2, 0.25) is 0 Å². The van der Waals surface area contributed by atoms with Crippen LogP contribution >= 0.6 is 0 Å². The predicted molar refractivity (Wildman–Crippen MR) is 66.7 cm³/mol. The van der Waals surface area contributed by atoms with E-state index in [1.54, 1.807) is 0 Å². The average Bonchev–Trinajstić information content (AvgIpc) is 2.47. The first kappa shape index (κ1) is 11.0. The zero-order valence-electron chi connectivity index (χ0n) is 10.5. The predicted octanol–water partition coefficient (Wildman–Crippen LogP) is 4.58. The van der Waals surface area contributed by atoms with Crippen LogP contribution in [-0.4, -0.2) is 0 Å². The minimum absolute atomic E-state index is 0.339. The second kappa shape index (κ2) is 3.23. The lowest BCUT2D eigenvalue weighted by Crippen LogP contribution is -2.40. The Morgan fingerprint density at radius 3 is 2.60 bits per heavy atom. The summed E-state index contributed by atoms with van der Waals surface area (Å²) in [4.78, 5) is 0. The first-order chi connectivity index (χ1) is 6.88. The Labute approximate surface area is 94.5 Å². The van der Waals surface area contributed by atoms with Gasteiger partial charge in [0.1, 0.15) is 0 Å². The summed E-state index contributed by atoms with van der Waals surface area (Å²) in [5.74, 6) is 1.58. The van der Waals surface area contributed by atoms with Crippen molar-refractivity contribution in [2.75, 3.05) is 0 Å². The molecule has 0 heterocycles. The Bertz CT molecular complexity index is 297. The molecule has 0 heteroatoms. The molecule has 0 amide bonds. The maximum absolute atomic E-state index is 4.27. The van der Waals surface area contributed by atoms with E-state index >= 15 is 0 Å². The molecule has 0 saturated heterocycles. The Balaban J connectivity index is 2.34. The lowest BCUT2D eigenvalue weighted by molar-refractivity contribution is 0.0458. The largest absolute Gasteiger partial charge is 0.103 e. The van der Waals surface area contributed by atoms with E-state index in [0.717, 1.165) is 11.8 Å². The first-order valence-electron chi connectivity index (χ1n) is 6.19. The number of rotatable bonds is 1. The summed E-state index contributed by atoms with van der Waals surface area (Å²) < 4.78 is 0. The molecule has 0 aromatic heterocycles. The van der Waals surface area contributed by atoms with Gasteiger partial charge in [0.05, 0.1) is 0 Å². The lowest BCUT2D eigenvalue weighted by atomic mass is 9.55. The van der Waals surface area contributed by atoms with Gasteiger partial charge in [-0.25, -0.2) is 0 Å². The van der Waals surface area contributed by atoms with Crippen molar-refractivity contribution in [1.29, 1.82) is 0 Å². The maximum Gasteiger partial charge on any atom is -0.0110 e. The molecule has 2 fully saturated rings. The Kier molecular flexibility index (Phi) is 2.37. The summed E-state index contributed by atoms with van der Waals surface area (Å²) >= 11 is 0. The van der Waals surface area contributed by atoms with Crippen LogP contribution in [0.1, 0.15) is 46.5 Å². The second-order valence-electron chi connectivity index (χ2n) is 6.66. The molecule has 0 N–H and O–H groups in total. The molecule has 84 valence electrons. The molecule has 0 aromatic rings. The van der Waals surface area contributed by atoms with Gasteiger partial charge in [0.25, 0.3) is 0 Å². The number of fused-ring (bicyclic) bond motifs is 1. The molecule has 2 rings (SSSR count). The molecule has 0 nitrogen and oxygen atoms in total. The van der Waals surface area contributed by atoms with Gasteiger partial charge in [0, 0.05) is 0 Å². The zero-order valence-corrected chi connectivity index (χ0v) is 10.5. The Hall–Kier alpha value is -0.520. The minimum atomic E-state index is 0.339. The van der Waals surface area contributed by atoms with E-state index in [1.807, 2.05) is 0 Å². The molecule has 0 aliphatic heterocycles. The van der Waals surface area contributed by atoms with Crippen LogP contribution < -0.4 is 0 Å². The second-order valence-corrected chi connectivity index (χ2v) is 6.66. The van der Waals surface area contributed by atoms with Gasteiger partial charge in [-0.2, -0.15) is 0 Å². The van der Waals surface area contributed by atoms with Gasteiger partial charge in [-0.1, -0.05) is 39.0 Å². The smallest absolute Gasteiger partial charge is 0.0110 e. The monoisotopic (exact) mass is 204 g/mol. The quantitative estimate of drug-likeness (QED) is 0.548. The molecule has 0 bridgehead atoms. The van der Waals surface area contributed by atoms with Crippen molar-refractivity contribution < 1.29 is 0 Å². The van der Waals surface area contributed by atoms with E-state index in [2.05, 4.69) is 40.0 Å². The normalized spacial score (nSPS) is 43.8. The van der Waals surface area contributed by atoms with E-state index in [4.69, 9.17) is 0 Å². The van der Waals surface area contributed by atoms with Crippen molar-refractivity contribution in [3.05, 3.63) is 24.8 Å². The SMILES string of the molecule is C=CC1(C)CC(C)(C)CC2C(=C)CCC21. The number of allylic oxidation sites excluding steroid dienone is 2. The van der Waals surface area contributed by atoms with Crippen LogP contribution in [0.15, 0.2) is 24.8 Å². The van der Waals surface area contributed by atoms with Gasteiger partial charge < -0.3 is 0 Å². The van der Waals surface area contributed by atoms with E-state index in [9.17, 15) is 0 Å². The molecule has 3 unspecified atom stereocenters. The summed E-state index contributed by atoms with van der Waals surface area (Å²) in [5, 5.41) is 0. The van der Waals surface area contributed by atoms with Crippen molar-refractivity contribution in [2.24, 2.45) is 22.7 Å². The van der Waals surface area contributed by atoms with Gasteiger partial charge in [0.15, 0.2) is 0 Å². The third-order valence-corrected chi connectivity index (χ3v) is 4.73. The van der Waals surface area contributed by atoms with E-state index in [1.165, 1.54) is 31.3 Å². The minimum Gasteiger partial charge on any atom is -0.103 e. The molecule has 2 aliphatic rings. The molecular formula is C15H24.